The Morgan fingerprint density at radius 1 is 1.19 bits per heavy atom. The average molecular weight is 493 g/mol. The molecule has 1 N–H and O–H groups in total. The van der Waals surface area contributed by atoms with Gasteiger partial charge in [-0.25, -0.2) is 4.39 Å². The molecule has 1 amide bonds. The van der Waals surface area contributed by atoms with Crippen molar-refractivity contribution in [3.05, 3.63) is 59.8 Å². The zero-order chi connectivity index (χ0) is 25.4. The molecule has 2 fully saturated rings. The first kappa shape index (κ1) is 24.9. The Morgan fingerprint density at radius 2 is 1.97 bits per heavy atom. The van der Waals surface area contributed by atoms with Gasteiger partial charge in [0.2, 0.25) is 0 Å². The Hall–Kier alpha value is -2.77. The zero-order valence-corrected chi connectivity index (χ0v) is 21.5. The molecule has 3 aromatic rings. The van der Waals surface area contributed by atoms with Gasteiger partial charge in [-0.1, -0.05) is 0 Å². The van der Waals surface area contributed by atoms with Gasteiger partial charge in [-0.3, -0.25) is 9.78 Å². The summed E-state index contributed by atoms with van der Waals surface area (Å²) >= 11 is 0. The van der Waals surface area contributed by atoms with Crippen LogP contribution < -0.4 is 0 Å². The van der Waals surface area contributed by atoms with Gasteiger partial charge in [0.1, 0.15) is 5.82 Å². The minimum absolute atomic E-state index is 0.00528. The molecule has 0 bridgehead atoms. The fraction of sp³-hybridized carbons (Fsp3) is 0.517. The van der Waals surface area contributed by atoms with E-state index in [4.69, 9.17) is 0 Å². The predicted octanol–water partition coefficient (Wildman–Crippen LogP) is 4.99. The second kappa shape index (κ2) is 10.3. The van der Waals surface area contributed by atoms with Crippen LogP contribution in [-0.4, -0.2) is 69.2 Å². The summed E-state index contributed by atoms with van der Waals surface area (Å²) in [7, 11) is 1.75. The van der Waals surface area contributed by atoms with Crippen molar-refractivity contribution in [3.8, 4) is 5.69 Å². The third kappa shape index (κ3) is 4.66. The lowest BCUT2D eigenvalue weighted by atomic mass is 9.81. The lowest BCUT2D eigenvalue weighted by molar-refractivity contribution is 0.0754. The number of nitrogens with zero attached hydrogens (tertiary/aromatic N) is 4. The van der Waals surface area contributed by atoms with Crippen LogP contribution in [0, 0.1) is 11.7 Å². The molecule has 192 valence electrons. The number of aliphatic hydroxyl groups is 1. The minimum atomic E-state index is -0.419. The lowest BCUT2D eigenvalue weighted by Gasteiger charge is -2.34. The highest BCUT2D eigenvalue weighted by Crippen LogP contribution is 2.40. The smallest absolute Gasteiger partial charge is 0.256 e. The first-order chi connectivity index (χ1) is 17.4. The summed E-state index contributed by atoms with van der Waals surface area (Å²) in [6.45, 7) is 6.31. The summed E-state index contributed by atoms with van der Waals surface area (Å²) in [5.41, 5.74) is 3.25. The largest absolute Gasteiger partial charge is 0.396 e. The van der Waals surface area contributed by atoms with Gasteiger partial charge in [-0.2, -0.15) is 0 Å². The second-order valence-corrected chi connectivity index (χ2v) is 10.9. The third-order valence-electron chi connectivity index (χ3n) is 8.41. The number of aromatic nitrogens is 2. The summed E-state index contributed by atoms with van der Waals surface area (Å²) in [5, 5.41) is 10.7. The van der Waals surface area contributed by atoms with E-state index in [1.165, 1.54) is 17.7 Å². The number of pyridine rings is 1. The number of carbonyl (C=O) groups excluding carboxylic acids is 1. The van der Waals surface area contributed by atoms with Gasteiger partial charge < -0.3 is 19.5 Å². The molecule has 6 nitrogen and oxygen atoms in total. The number of hydrogen-bond acceptors (Lipinski definition) is 4. The molecule has 1 atom stereocenters. The van der Waals surface area contributed by atoms with Crippen molar-refractivity contribution in [1.29, 1.82) is 0 Å². The van der Waals surface area contributed by atoms with Crippen LogP contribution in [0.2, 0.25) is 0 Å². The first-order valence-corrected chi connectivity index (χ1v) is 13.2. The molecule has 1 aliphatic carbocycles. The number of rotatable bonds is 6. The number of fused-ring (bicyclic) bond motifs is 1. The van der Waals surface area contributed by atoms with Crippen LogP contribution in [0.4, 0.5) is 4.39 Å². The van der Waals surface area contributed by atoms with Crippen LogP contribution in [0.15, 0.2) is 42.9 Å². The Bertz CT molecular complexity index is 1230. The van der Waals surface area contributed by atoms with Crippen molar-refractivity contribution in [2.24, 2.45) is 5.92 Å². The summed E-state index contributed by atoms with van der Waals surface area (Å²) in [6, 6.07) is 7.13. The molecule has 3 heterocycles. The van der Waals surface area contributed by atoms with E-state index in [0.717, 1.165) is 56.1 Å². The highest BCUT2D eigenvalue weighted by atomic mass is 19.1. The monoisotopic (exact) mass is 492 g/mol. The Labute approximate surface area is 212 Å². The number of halogens is 1. The molecule has 1 aromatic carbocycles. The van der Waals surface area contributed by atoms with Crippen molar-refractivity contribution in [3.63, 3.8) is 0 Å². The maximum absolute atomic E-state index is 14.3. The van der Waals surface area contributed by atoms with Gasteiger partial charge in [-0.05, 0) is 94.2 Å². The fourth-order valence-electron chi connectivity index (χ4n) is 6.03. The Kier molecular flexibility index (Phi) is 7.13. The summed E-state index contributed by atoms with van der Waals surface area (Å²) < 4.78 is 16.3. The number of aliphatic hydroxyl groups excluding tert-OH is 1. The van der Waals surface area contributed by atoms with Crippen LogP contribution in [0.5, 0.6) is 0 Å². The van der Waals surface area contributed by atoms with Gasteiger partial charge in [0.25, 0.3) is 5.91 Å². The van der Waals surface area contributed by atoms with E-state index in [1.807, 2.05) is 30.8 Å². The van der Waals surface area contributed by atoms with Gasteiger partial charge in [-0.15, -0.1) is 0 Å². The van der Waals surface area contributed by atoms with Crippen LogP contribution >= 0.6 is 0 Å². The van der Waals surface area contributed by atoms with Gasteiger partial charge >= 0.3 is 0 Å². The fourth-order valence-corrected chi connectivity index (χ4v) is 6.03. The molecule has 0 radical (unpaired) electrons. The quantitative estimate of drug-likeness (QED) is 0.527. The summed E-state index contributed by atoms with van der Waals surface area (Å²) in [5.74, 6) is 0.244. The second-order valence-electron chi connectivity index (χ2n) is 10.9. The van der Waals surface area contributed by atoms with Crippen LogP contribution in [0.3, 0.4) is 0 Å². The Balaban J connectivity index is 1.46. The van der Waals surface area contributed by atoms with Crippen molar-refractivity contribution in [2.45, 2.75) is 64.0 Å². The highest BCUT2D eigenvalue weighted by Gasteiger charge is 2.32. The lowest BCUT2D eigenvalue weighted by Crippen LogP contribution is -2.36. The van der Waals surface area contributed by atoms with Gasteiger partial charge in [0.05, 0.1) is 23.0 Å². The molecule has 2 aromatic heterocycles. The maximum Gasteiger partial charge on any atom is 0.256 e. The van der Waals surface area contributed by atoms with E-state index in [9.17, 15) is 14.3 Å². The molecule has 5 rings (SSSR count). The zero-order valence-electron chi connectivity index (χ0n) is 21.5. The maximum atomic E-state index is 14.3. The average Bonchev–Trinajstić information content (AvgIpc) is 3.53. The topological polar surface area (TPSA) is 61.6 Å². The van der Waals surface area contributed by atoms with Crippen molar-refractivity contribution < 1.29 is 14.3 Å². The molecular formula is C29H37FN4O2. The Morgan fingerprint density at radius 3 is 2.67 bits per heavy atom. The number of amides is 1. The highest BCUT2D eigenvalue weighted by molar-refractivity contribution is 5.99. The minimum Gasteiger partial charge on any atom is -0.396 e. The molecule has 1 saturated heterocycles. The van der Waals surface area contributed by atoms with Crippen LogP contribution in [0.1, 0.15) is 67.8 Å². The number of benzene rings is 1. The van der Waals surface area contributed by atoms with E-state index < -0.39 is 5.82 Å². The van der Waals surface area contributed by atoms with Gasteiger partial charge in [0.15, 0.2) is 0 Å². The van der Waals surface area contributed by atoms with Crippen LogP contribution in [0.25, 0.3) is 16.6 Å². The van der Waals surface area contributed by atoms with E-state index in [2.05, 4.69) is 22.1 Å². The normalized spacial score (nSPS) is 23.0. The van der Waals surface area contributed by atoms with E-state index in [-0.39, 0.29) is 11.9 Å². The molecule has 0 unspecified atom stereocenters. The molecular weight excluding hydrogens is 455 g/mol. The van der Waals surface area contributed by atoms with E-state index in [1.54, 1.807) is 18.0 Å². The van der Waals surface area contributed by atoms with Crippen molar-refractivity contribution in [1.82, 2.24) is 19.4 Å². The first-order valence-electron chi connectivity index (χ1n) is 13.2. The van der Waals surface area contributed by atoms with Gasteiger partial charge in [0, 0.05) is 50.1 Å². The molecule has 7 heteroatoms. The molecule has 1 aliphatic heterocycles. The van der Waals surface area contributed by atoms with Crippen LogP contribution in [-0.2, 0) is 0 Å². The van der Waals surface area contributed by atoms with E-state index in [0.29, 0.717) is 35.7 Å². The number of carbonyl (C=O) groups is 1. The molecule has 36 heavy (non-hydrogen) atoms. The molecule has 2 aliphatic rings. The van der Waals surface area contributed by atoms with E-state index >= 15 is 0 Å². The number of hydrogen-bond donors (Lipinski definition) is 1. The SMILES string of the molecule is CC(C)N(C)C(=O)c1cc(F)ccc1-n1cc([C@H]2CC[C@H](N3CC[C@H](CO)C3)CC2)c2ccncc21. The molecule has 1 saturated carbocycles. The predicted molar refractivity (Wildman–Crippen MR) is 140 cm³/mol. The summed E-state index contributed by atoms with van der Waals surface area (Å²) in [4.78, 5) is 21.9. The van der Waals surface area contributed by atoms with Crippen molar-refractivity contribution in [2.75, 3.05) is 26.7 Å². The van der Waals surface area contributed by atoms with Crippen molar-refractivity contribution >= 4 is 16.8 Å². The number of likely N-dealkylation sites (tertiary alicyclic amines) is 1. The third-order valence-corrected chi connectivity index (χ3v) is 8.41. The molecule has 0 spiro atoms. The standard InChI is InChI=1S/C29H37FN4O2/c1-19(2)32(3)29(36)25-14-22(30)6-9-27(25)34-17-26(24-10-12-31-15-28(24)34)21-4-7-23(8-5-21)33-13-11-20(16-33)18-35/h6,9-10,12,14-15,17,19-21,23,35H,4-5,7-8,11,13,16,18H2,1-3H3/t20-,21-,23-/m0/s1. The summed E-state index contributed by atoms with van der Waals surface area (Å²) in [6.07, 6.45) is 11.4.